The van der Waals surface area contributed by atoms with Crippen molar-refractivity contribution < 1.29 is 28.9 Å². The SMILES string of the molecule is CCO/N=C(\C(=O)N[C@@H]1C(=O)N2C(C(=O)[O-])=C(Cn3cc[n+]4cccc-4c3C)CS[C@@H]12)c1csc(N)n1. The number of anilines is 1. The van der Waals surface area contributed by atoms with Crippen LogP contribution in [-0.2, 0) is 25.8 Å². The second-order valence-electron chi connectivity index (χ2n) is 8.34. The Kier molecular flexibility index (Phi) is 6.60. The van der Waals surface area contributed by atoms with Gasteiger partial charge in [0.15, 0.2) is 23.2 Å². The minimum atomic E-state index is -1.43. The van der Waals surface area contributed by atoms with Crippen LogP contribution in [0, 0.1) is 6.92 Å². The number of carbonyl (C=O) groups excluding carboxylic acids is 3. The average molecular weight is 542 g/mol. The van der Waals surface area contributed by atoms with Crippen LogP contribution >= 0.6 is 23.1 Å². The molecule has 5 heterocycles. The number of nitrogen functional groups attached to an aromatic ring is 1. The van der Waals surface area contributed by atoms with E-state index in [0.29, 0.717) is 11.3 Å². The normalized spacial score (nSPS) is 19.6. The Hall–Kier alpha value is -3.91. The Morgan fingerprint density at radius 3 is 2.92 bits per heavy atom. The van der Waals surface area contributed by atoms with Gasteiger partial charge in [-0.1, -0.05) is 5.16 Å². The number of nitrogens with one attached hydrogen (secondary N) is 1. The lowest BCUT2D eigenvalue weighted by atomic mass is 10.0. The molecule has 4 aliphatic rings. The molecule has 0 radical (unpaired) electrons. The van der Waals surface area contributed by atoms with Crippen molar-refractivity contribution in [3.05, 3.63) is 58.8 Å². The summed E-state index contributed by atoms with van der Waals surface area (Å²) in [6.45, 7) is 4.17. The van der Waals surface area contributed by atoms with E-state index in [9.17, 15) is 19.5 Å². The zero-order valence-electron chi connectivity index (χ0n) is 19.9. The molecule has 0 saturated carbocycles. The van der Waals surface area contributed by atoms with E-state index in [-0.39, 0.29) is 35.4 Å². The lowest BCUT2D eigenvalue weighted by Crippen LogP contribution is -2.71. The number of rotatable bonds is 8. The molecule has 1 fully saturated rings. The predicted octanol–water partition coefficient (Wildman–Crippen LogP) is -0.606. The molecule has 0 unspecified atom stereocenters. The van der Waals surface area contributed by atoms with E-state index in [1.807, 2.05) is 46.8 Å². The number of aliphatic carboxylic acids is 1. The molecule has 0 aromatic carbocycles. The molecule has 192 valence electrons. The third-order valence-electron chi connectivity index (χ3n) is 6.14. The van der Waals surface area contributed by atoms with Gasteiger partial charge in [-0.25, -0.2) is 4.98 Å². The summed E-state index contributed by atoms with van der Waals surface area (Å²) in [6.07, 6.45) is 5.68. The first-order valence-corrected chi connectivity index (χ1v) is 13.3. The number of hydrogen-bond acceptors (Lipinski definition) is 10. The minimum Gasteiger partial charge on any atom is -0.543 e. The van der Waals surface area contributed by atoms with Gasteiger partial charge in [0.25, 0.3) is 11.8 Å². The zero-order chi connectivity index (χ0) is 26.3. The molecule has 5 rings (SSSR count). The van der Waals surface area contributed by atoms with Gasteiger partial charge in [0.2, 0.25) is 5.69 Å². The molecule has 0 spiro atoms. The smallest absolute Gasteiger partial charge is 0.276 e. The number of carboxylic acids is 1. The number of carbonyl (C=O) groups is 3. The molecule has 1 saturated heterocycles. The number of amides is 2. The van der Waals surface area contributed by atoms with Gasteiger partial charge in [-0.2, -0.15) is 4.57 Å². The van der Waals surface area contributed by atoms with Gasteiger partial charge >= 0.3 is 0 Å². The van der Waals surface area contributed by atoms with Crippen molar-refractivity contribution in [1.29, 1.82) is 0 Å². The van der Waals surface area contributed by atoms with Gasteiger partial charge in [-0.15, -0.1) is 23.1 Å². The Labute approximate surface area is 219 Å². The van der Waals surface area contributed by atoms with Crippen molar-refractivity contribution in [3.8, 4) is 5.69 Å². The van der Waals surface area contributed by atoms with E-state index < -0.39 is 29.2 Å². The van der Waals surface area contributed by atoms with Crippen LogP contribution in [0.25, 0.3) is 5.69 Å². The van der Waals surface area contributed by atoms with Crippen LogP contribution in [0.3, 0.4) is 0 Å². The Morgan fingerprint density at radius 2 is 2.22 bits per heavy atom. The van der Waals surface area contributed by atoms with E-state index in [1.54, 1.807) is 12.3 Å². The fourth-order valence-corrected chi connectivity index (χ4v) is 6.23. The molecular formula is C23H23N7O5S2. The number of thiazole rings is 1. The van der Waals surface area contributed by atoms with Gasteiger partial charge in [-0.3, -0.25) is 14.5 Å². The van der Waals surface area contributed by atoms with Crippen molar-refractivity contribution in [2.45, 2.75) is 31.8 Å². The number of fused-ring (bicyclic) bond motifs is 2. The monoisotopic (exact) mass is 541 g/mol. The van der Waals surface area contributed by atoms with Gasteiger partial charge in [0, 0.05) is 29.8 Å². The van der Waals surface area contributed by atoms with Gasteiger partial charge < -0.3 is 30.4 Å². The van der Waals surface area contributed by atoms with Crippen molar-refractivity contribution in [2.75, 3.05) is 18.1 Å². The quantitative estimate of drug-likeness (QED) is 0.165. The third-order valence-corrected chi connectivity index (χ3v) is 8.15. The summed E-state index contributed by atoms with van der Waals surface area (Å²) in [4.78, 5) is 48.6. The predicted molar refractivity (Wildman–Crippen MR) is 134 cm³/mol. The molecular weight excluding hydrogens is 518 g/mol. The number of oxime groups is 1. The van der Waals surface area contributed by atoms with Gasteiger partial charge in [-0.05, 0) is 19.4 Å². The molecule has 37 heavy (non-hydrogen) atoms. The van der Waals surface area contributed by atoms with E-state index >= 15 is 0 Å². The van der Waals surface area contributed by atoms with Crippen molar-refractivity contribution in [2.24, 2.45) is 5.16 Å². The highest BCUT2D eigenvalue weighted by Crippen LogP contribution is 2.40. The largest absolute Gasteiger partial charge is 0.543 e. The van der Waals surface area contributed by atoms with Crippen molar-refractivity contribution in [3.63, 3.8) is 0 Å². The van der Waals surface area contributed by atoms with E-state index in [4.69, 9.17) is 10.6 Å². The highest BCUT2D eigenvalue weighted by atomic mass is 32.2. The van der Waals surface area contributed by atoms with Crippen LogP contribution in [-0.4, -0.2) is 61.7 Å². The second kappa shape index (κ2) is 9.86. The number of nitrogens with zero attached hydrogens (tertiary/aromatic N) is 5. The number of hydrogen-bond donors (Lipinski definition) is 2. The number of β-lactam (4-membered cyclic amide) rings is 1. The first-order chi connectivity index (χ1) is 17.8. The maximum absolute atomic E-state index is 13.1. The van der Waals surface area contributed by atoms with Crippen LogP contribution in [0.1, 0.15) is 18.3 Å². The lowest BCUT2D eigenvalue weighted by molar-refractivity contribution is -0.594. The fourth-order valence-electron chi connectivity index (χ4n) is 4.35. The average Bonchev–Trinajstić information content (AvgIpc) is 3.53. The number of aromatic nitrogens is 3. The molecule has 3 N–H and O–H groups in total. The number of thioether (sulfide) groups is 1. The first kappa shape index (κ1) is 24.8. The van der Waals surface area contributed by atoms with Crippen LogP contribution in [0.4, 0.5) is 5.13 Å². The number of nitrogens with two attached hydrogens (primary N) is 1. The Bertz CT molecular complexity index is 1430. The molecule has 2 atom stereocenters. The summed E-state index contributed by atoms with van der Waals surface area (Å²) in [6, 6.07) is 2.96. The van der Waals surface area contributed by atoms with Crippen LogP contribution in [0.5, 0.6) is 0 Å². The molecule has 12 nitrogen and oxygen atoms in total. The topological polar surface area (TPSA) is 159 Å². The van der Waals surface area contributed by atoms with E-state index in [2.05, 4.69) is 15.5 Å². The molecule has 1 aromatic rings. The summed E-state index contributed by atoms with van der Waals surface area (Å²) in [7, 11) is 0. The third kappa shape index (κ3) is 4.42. The molecule has 0 aliphatic carbocycles. The summed E-state index contributed by atoms with van der Waals surface area (Å²) in [5, 5.41) is 19.9. The first-order valence-electron chi connectivity index (χ1n) is 11.4. The summed E-state index contributed by atoms with van der Waals surface area (Å²) in [5.74, 6) is -2.30. The van der Waals surface area contributed by atoms with Gasteiger partial charge in [0.05, 0.1) is 23.6 Å². The van der Waals surface area contributed by atoms with Crippen LogP contribution in [0.2, 0.25) is 0 Å². The summed E-state index contributed by atoms with van der Waals surface area (Å²) in [5.41, 5.74) is 8.13. The van der Waals surface area contributed by atoms with E-state index in [1.165, 1.54) is 16.7 Å². The highest BCUT2D eigenvalue weighted by Gasteiger charge is 2.53. The van der Waals surface area contributed by atoms with Crippen LogP contribution in [0.15, 0.2) is 52.5 Å². The Morgan fingerprint density at radius 1 is 1.41 bits per heavy atom. The summed E-state index contributed by atoms with van der Waals surface area (Å²) < 4.78 is 3.91. The standard InChI is InChI=1S/C23H23N7O5S2/c1-3-35-27-16(14-11-37-23(24)25-14)19(31)26-17-20(32)30-18(22(33)34)13(10-36-21(17)30)9-29-8-7-28-6-4-5-15(28)12(29)2/h4-8,11,17,21H,3,9-10H2,1-2H3,(H3-,24,25,26,31,33,34)/b27-16-/t17-,21+/m1/s1. The highest BCUT2D eigenvalue weighted by molar-refractivity contribution is 8.00. The van der Waals surface area contributed by atoms with Crippen molar-refractivity contribution >= 4 is 51.7 Å². The maximum atomic E-state index is 13.1. The molecule has 14 heteroatoms. The molecule has 4 aliphatic heterocycles. The fraction of sp³-hybridized carbons (Fsp3) is 0.304. The van der Waals surface area contributed by atoms with Crippen LogP contribution < -0.4 is 20.7 Å². The second-order valence-corrected chi connectivity index (χ2v) is 10.3. The van der Waals surface area contributed by atoms with Gasteiger partial charge in [0.1, 0.15) is 23.7 Å². The number of carboxylic acid groups (broad SMARTS) is 1. The zero-order valence-corrected chi connectivity index (χ0v) is 21.5. The Balaban J connectivity index is 1.37. The molecule has 2 amide bonds. The van der Waals surface area contributed by atoms with E-state index in [0.717, 1.165) is 22.7 Å². The minimum absolute atomic E-state index is 0.120. The summed E-state index contributed by atoms with van der Waals surface area (Å²) >= 11 is 2.51. The lowest BCUT2D eigenvalue weighted by Gasteiger charge is -2.50. The van der Waals surface area contributed by atoms with Crippen molar-refractivity contribution in [1.82, 2.24) is 19.8 Å². The maximum Gasteiger partial charge on any atom is 0.276 e. The molecule has 1 aromatic heterocycles. The molecule has 0 bridgehead atoms.